The van der Waals surface area contributed by atoms with Gasteiger partial charge in [0.1, 0.15) is 29.6 Å². The molecule has 214 valence electrons. The largest absolute Gasteiger partial charge is 0.461 e. The first-order valence-corrected chi connectivity index (χ1v) is 15.1. The maximum absolute atomic E-state index is 16.5. The van der Waals surface area contributed by atoms with Gasteiger partial charge in [-0.05, 0) is 69.8 Å². The minimum atomic E-state index is -0.854. The molecule has 0 spiro atoms. The van der Waals surface area contributed by atoms with Gasteiger partial charge in [-0.15, -0.1) is 0 Å². The Kier molecular flexibility index (Phi) is 5.84. The Morgan fingerprint density at radius 2 is 1.76 bits per heavy atom. The van der Waals surface area contributed by atoms with E-state index in [0.717, 1.165) is 63.0 Å². The van der Waals surface area contributed by atoms with Crippen LogP contribution in [0.4, 0.5) is 24.1 Å². The van der Waals surface area contributed by atoms with Crippen molar-refractivity contribution in [2.45, 2.75) is 56.1 Å². The molecule has 4 saturated heterocycles. The fourth-order valence-corrected chi connectivity index (χ4v) is 8.30. The van der Waals surface area contributed by atoms with E-state index in [2.05, 4.69) is 25.1 Å². The van der Waals surface area contributed by atoms with Crippen LogP contribution < -0.4 is 20.7 Å². The highest BCUT2D eigenvalue weighted by molar-refractivity contribution is 7.22. The van der Waals surface area contributed by atoms with E-state index in [1.807, 2.05) is 0 Å². The van der Waals surface area contributed by atoms with Crippen molar-refractivity contribution >= 4 is 43.4 Å². The van der Waals surface area contributed by atoms with E-state index in [-0.39, 0.29) is 48.9 Å². The van der Waals surface area contributed by atoms with E-state index in [0.29, 0.717) is 37.6 Å². The number of hydrogen-bond acceptors (Lipinski definition) is 9. The molecule has 0 amide bonds. The predicted molar refractivity (Wildman–Crippen MR) is 153 cm³/mol. The maximum atomic E-state index is 16.5. The molecule has 0 aliphatic carbocycles. The summed E-state index contributed by atoms with van der Waals surface area (Å²) in [6.45, 7) is 3.91. The van der Waals surface area contributed by atoms with E-state index in [9.17, 15) is 4.39 Å². The number of thiazole rings is 1. The van der Waals surface area contributed by atoms with Gasteiger partial charge >= 0.3 is 6.01 Å². The lowest BCUT2D eigenvalue weighted by atomic mass is 9.95. The van der Waals surface area contributed by atoms with Gasteiger partial charge in [0.25, 0.3) is 0 Å². The number of piperazine rings is 1. The van der Waals surface area contributed by atoms with Gasteiger partial charge in [-0.3, -0.25) is 4.90 Å². The molecule has 2 unspecified atom stereocenters. The van der Waals surface area contributed by atoms with Crippen LogP contribution in [0.3, 0.4) is 0 Å². The number of nitrogens with zero attached hydrogens (tertiary/aromatic N) is 5. The third-order valence-corrected chi connectivity index (χ3v) is 10.3. The molecule has 4 fully saturated rings. The number of nitrogens with one attached hydrogen (secondary N) is 1. The molecule has 2 aromatic carbocycles. The first-order valence-electron chi connectivity index (χ1n) is 14.3. The van der Waals surface area contributed by atoms with E-state index >= 15 is 8.78 Å². The molecule has 0 saturated carbocycles. The van der Waals surface area contributed by atoms with Crippen LogP contribution in [0.2, 0.25) is 0 Å². The van der Waals surface area contributed by atoms with Crippen molar-refractivity contribution in [2.75, 3.05) is 43.4 Å². The van der Waals surface area contributed by atoms with E-state index in [1.54, 1.807) is 0 Å². The molecular weight excluding hydrogens is 551 g/mol. The number of ether oxygens (including phenoxy) is 1. The highest BCUT2D eigenvalue weighted by Crippen LogP contribution is 2.42. The third kappa shape index (κ3) is 4.05. The average Bonchev–Trinajstić information content (AvgIpc) is 3.72. The summed E-state index contributed by atoms with van der Waals surface area (Å²) in [7, 11) is 0. The number of aromatic nitrogens is 3. The Labute approximate surface area is 238 Å². The van der Waals surface area contributed by atoms with Gasteiger partial charge in [0.15, 0.2) is 10.9 Å². The second-order valence-corrected chi connectivity index (χ2v) is 12.9. The molecule has 2 bridgehead atoms. The lowest BCUT2D eigenvalue weighted by Gasteiger charge is -2.34. The lowest BCUT2D eigenvalue weighted by molar-refractivity contribution is 0.108. The number of benzene rings is 2. The highest BCUT2D eigenvalue weighted by atomic mass is 32.1. The molecule has 4 aliphatic rings. The van der Waals surface area contributed by atoms with Gasteiger partial charge in [0, 0.05) is 36.1 Å². The van der Waals surface area contributed by atoms with E-state index in [4.69, 9.17) is 15.5 Å². The Hall–Kier alpha value is -3.22. The predicted octanol–water partition coefficient (Wildman–Crippen LogP) is 4.85. The van der Waals surface area contributed by atoms with Crippen LogP contribution in [0, 0.1) is 17.5 Å². The number of hydrogen-bond donors (Lipinski definition) is 2. The monoisotopic (exact) mass is 581 g/mol. The first-order chi connectivity index (χ1) is 19.9. The second kappa shape index (κ2) is 9.40. The summed E-state index contributed by atoms with van der Waals surface area (Å²) in [6.07, 6.45) is 6.46. The van der Waals surface area contributed by atoms with Gasteiger partial charge < -0.3 is 20.7 Å². The summed E-state index contributed by atoms with van der Waals surface area (Å²) in [6, 6.07) is 4.49. The maximum Gasteiger partial charge on any atom is 0.319 e. The van der Waals surface area contributed by atoms with Gasteiger partial charge in [-0.25, -0.2) is 18.2 Å². The van der Waals surface area contributed by atoms with Crippen LogP contribution in [-0.2, 0) is 0 Å². The Bertz CT molecular complexity index is 1670. The molecule has 2 atom stereocenters. The van der Waals surface area contributed by atoms with Gasteiger partial charge in [-0.2, -0.15) is 9.97 Å². The minimum absolute atomic E-state index is 0.0276. The fraction of sp³-hybridized carbons (Fsp3) is 0.483. The smallest absolute Gasteiger partial charge is 0.319 e. The van der Waals surface area contributed by atoms with E-state index < -0.39 is 17.5 Å². The molecule has 4 aromatic rings. The number of rotatable bonds is 5. The summed E-state index contributed by atoms with van der Waals surface area (Å²) in [4.78, 5) is 18.1. The molecular formula is C29H30F3N7OS. The number of anilines is 2. The number of nitrogen functional groups attached to an aromatic ring is 1. The first kappa shape index (κ1) is 25.5. The summed E-state index contributed by atoms with van der Waals surface area (Å²) in [5.41, 5.74) is 5.71. The Morgan fingerprint density at radius 3 is 2.51 bits per heavy atom. The SMILES string of the molecule is Nc1nc2c(-c3c(F)cc4c(N5CC6CCC(C5)N6)nc(OCC56CCCN5CCC6)nc4c3F)ccc(F)c2s1. The average molecular weight is 582 g/mol. The highest BCUT2D eigenvalue weighted by Gasteiger charge is 2.45. The van der Waals surface area contributed by atoms with Crippen molar-refractivity contribution in [3.63, 3.8) is 0 Å². The van der Waals surface area contributed by atoms with Crippen LogP contribution in [0.5, 0.6) is 6.01 Å². The summed E-state index contributed by atoms with van der Waals surface area (Å²) in [5, 5.41) is 4.01. The van der Waals surface area contributed by atoms with Crippen molar-refractivity contribution < 1.29 is 17.9 Å². The Balaban J connectivity index is 1.27. The lowest BCUT2D eigenvalue weighted by Crippen LogP contribution is -2.51. The van der Waals surface area contributed by atoms with Gasteiger partial charge in [0.05, 0.1) is 21.3 Å². The van der Waals surface area contributed by atoms with Gasteiger partial charge in [-0.1, -0.05) is 11.3 Å². The molecule has 3 N–H and O–H groups in total. The summed E-state index contributed by atoms with van der Waals surface area (Å²) in [5.74, 6) is -1.72. The zero-order valence-corrected chi connectivity index (χ0v) is 23.2. The number of fused-ring (bicyclic) bond motifs is 5. The quantitative estimate of drug-likeness (QED) is 0.346. The van der Waals surface area contributed by atoms with Crippen LogP contribution in [0.25, 0.3) is 32.2 Å². The second-order valence-electron chi connectivity index (χ2n) is 11.8. The fourth-order valence-electron chi connectivity index (χ4n) is 7.54. The normalized spacial score (nSPS) is 23.6. The topological polar surface area (TPSA) is 92.4 Å². The van der Waals surface area contributed by atoms with Crippen molar-refractivity contribution in [3.05, 3.63) is 35.7 Å². The number of halogens is 3. The van der Waals surface area contributed by atoms with Crippen LogP contribution in [-0.4, -0.2) is 70.3 Å². The van der Waals surface area contributed by atoms with Crippen molar-refractivity contribution in [2.24, 2.45) is 0 Å². The zero-order chi connectivity index (χ0) is 27.9. The molecule has 6 heterocycles. The van der Waals surface area contributed by atoms with Crippen LogP contribution in [0.1, 0.15) is 38.5 Å². The Morgan fingerprint density at radius 1 is 1.00 bits per heavy atom. The molecule has 41 heavy (non-hydrogen) atoms. The van der Waals surface area contributed by atoms with Crippen molar-refractivity contribution in [3.8, 4) is 17.1 Å². The van der Waals surface area contributed by atoms with E-state index in [1.165, 1.54) is 18.2 Å². The summed E-state index contributed by atoms with van der Waals surface area (Å²) < 4.78 is 53.4. The standard InChI is InChI=1S/C29H30F3N7OS/c30-19-6-5-17(24-25(19)41-27(33)35-24)21-20(31)11-18-23(22(21)32)36-28(40-14-29-7-1-9-39(29)10-2-8-29)37-26(18)38-12-15-3-4-16(13-38)34-15/h5-6,11,15-16,34H,1-4,7-10,12-14H2,(H2,33,35). The molecule has 0 radical (unpaired) electrons. The third-order valence-electron chi connectivity index (χ3n) is 9.42. The molecule has 2 aromatic heterocycles. The van der Waals surface area contributed by atoms with Crippen LogP contribution in [0.15, 0.2) is 18.2 Å². The molecule has 8 nitrogen and oxygen atoms in total. The minimum Gasteiger partial charge on any atom is -0.461 e. The van der Waals surface area contributed by atoms with Gasteiger partial charge in [0.2, 0.25) is 0 Å². The van der Waals surface area contributed by atoms with Crippen molar-refractivity contribution in [1.82, 2.24) is 25.2 Å². The summed E-state index contributed by atoms with van der Waals surface area (Å²) >= 11 is 0.943. The molecule has 8 rings (SSSR count). The van der Waals surface area contributed by atoms with Crippen LogP contribution >= 0.6 is 11.3 Å². The zero-order valence-electron chi connectivity index (χ0n) is 22.4. The number of nitrogens with two attached hydrogens (primary N) is 1. The van der Waals surface area contributed by atoms with Crippen molar-refractivity contribution in [1.29, 1.82) is 0 Å². The molecule has 4 aliphatic heterocycles. The molecule has 12 heteroatoms.